The van der Waals surface area contributed by atoms with Crippen LogP contribution in [0.1, 0.15) is 30.6 Å². The van der Waals surface area contributed by atoms with E-state index >= 15 is 0 Å². The van der Waals surface area contributed by atoms with E-state index in [9.17, 15) is 0 Å². The molecule has 1 aliphatic heterocycles. The van der Waals surface area contributed by atoms with E-state index in [1.54, 1.807) is 0 Å². The highest BCUT2D eigenvalue weighted by Gasteiger charge is 2.24. The van der Waals surface area contributed by atoms with Crippen molar-refractivity contribution in [3.8, 4) is 0 Å². The average molecular weight is 252 g/mol. The van der Waals surface area contributed by atoms with Gasteiger partial charge in [0.25, 0.3) is 0 Å². The van der Waals surface area contributed by atoms with Crippen LogP contribution in [0, 0.1) is 0 Å². The minimum atomic E-state index is 0.273. The van der Waals surface area contributed by atoms with Crippen molar-refractivity contribution in [2.75, 3.05) is 32.8 Å². The van der Waals surface area contributed by atoms with E-state index in [-0.39, 0.29) is 6.04 Å². The Kier molecular flexibility index (Phi) is 4.74. The molecule has 1 unspecified atom stereocenters. The molecule has 5 nitrogen and oxygen atoms in total. The molecule has 1 atom stereocenters. The molecule has 0 saturated carbocycles. The first-order valence-electron chi connectivity index (χ1n) is 6.80. The van der Waals surface area contributed by atoms with Crippen molar-refractivity contribution in [3.63, 3.8) is 0 Å². The average Bonchev–Trinajstić information content (AvgIpc) is 2.58. The Balaban J connectivity index is 2.20. The zero-order valence-corrected chi connectivity index (χ0v) is 11.4. The topological polar surface area (TPSA) is 56.3 Å². The van der Waals surface area contributed by atoms with Crippen molar-refractivity contribution < 1.29 is 4.74 Å². The lowest BCUT2D eigenvalue weighted by molar-refractivity contribution is 0.132. The molecule has 0 aromatic carbocycles. The lowest BCUT2D eigenvalue weighted by Gasteiger charge is -2.29. The summed E-state index contributed by atoms with van der Waals surface area (Å²) in [5.74, 6) is 0. The quantitative estimate of drug-likeness (QED) is 0.857. The second kappa shape index (κ2) is 6.31. The van der Waals surface area contributed by atoms with Crippen LogP contribution in [0.4, 0.5) is 0 Å². The zero-order valence-electron chi connectivity index (χ0n) is 11.4. The summed E-state index contributed by atoms with van der Waals surface area (Å²) in [5.41, 5.74) is 8.45. The predicted molar refractivity (Wildman–Crippen MR) is 71.4 cm³/mol. The van der Waals surface area contributed by atoms with Gasteiger partial charge in [-0.1, -0.05) is 6.92 Å². The van der Waals surface area contributed by atoms with Gasteiger partial charge in [-0.15, -0.1) is 0 Å². The fourth-order valence-electron chi connectivity index (χ4n) is 2.66. The molecule has 0 radical (unpaired) electrons. The van der Waals surface area contributed by atoms with Crippen LogP contribution in [-0.2, 0) is 18.2 Å². The molecule has 1 saturated heterocycles. The van der Waals surface area contributed by atoms with E-state index in [0.29, 0.717) is 6.54 Å². The van der Waals surface area contributed by atoms with E-state index in [1.165, 1.54) is 5.56 Å². The third-order valence-corrected chi connectivity index (χ3v) is 3.55. The number of hydrogen-bond acceptors (Lipinski definition) is 4. The van der Waals surface area contributed by atoms with Gasteiger partial charge < -0.3 is 10.5 Å². The first-order chi connectivity index (χ1) is 8.76. The van der Waals surface area contributed by atoms with Gasteiger partial charge >= 0.3 is 0 Å². The maximum Gasteiger partial charge on any atom is 0.0670 e. The SMILES string of the molecule is CCc1nn(C)cc1C(CN)N1CCCOCC1. The van der Waals surface area contributed by atoms with Crippen molar-refractivity contribution in [2.24, 2.45) is 12.8 Å². The van der Waals surface area contributed by atoms with E-state index in [4.69, 9.17) is 10.5 Å². The molecule has 1 aliphatic rings. The van der Waals surface area contributed by atoms with Gasteiger partial charge in [0.2, 0.25) is 0 Å². The number of ether oxygens (including phenoxy) is 1. The molecular formula is C13H24N4O. The Morgan fingerprint density at radius 2 is 2.28 bits per heavy atom. The monoisotopic (exact) mass is 252 g/mol. The molecule has 1 aromatic heterocycles. The lowest BCUT2D eigenvalue weighted by Crippen LogP contribution is -2.35. The first-order valence-corrected chi connectivity index (χ1v) is 6.80. The molecular weight excluding hydrogens is 228 g/mol. The van der Waals surface area contributed by atoms with E-state index < -0.39 is 0 Å². The summed E-state index contributed by atoms with van der Waals surface area (Å²) >= 11 is 0. The highest BCUT2D eigenvalue weighted by atomic mass is 16.5. The maximum absolute atomic E-state index is 6.00. The standard InChI is InChI=1S/C13H24N4O/c1-3-12-11(10-16(2)15-12)13(9-14)17-5-4-7-18-8-6-17/h10,13H,3-9,14H2,1-2H3. The number of hydrogen-bond donors (Lipinski definition) is 1. The Morgan fingerprint density at radius 3 is 3.00 bits per heavy atom. The Labute approximate surface area is 109 Å². The summed E-state index contributed by atoms with van der Waals surface area (Å²) in [7, 11) is 1.97. The van der Waals surface area contributed by atoms with Gasteiger partial charge in [0.15, 0.2) is 0 Å². The van der Waals surface area contributed by atoms with Gasteiger partial charge in [-0.25, -0.2) is 0 Å². The van der Waals surface area contributed by atoms with Crippen LogP contribution in [0.3, 0.4) is 0 Å². The summed E-state index contributed by atoms with van der Waals surface area (Å²) in [6, 6.07) is 0.273. The van der Waals surface area contributed by atoms with Crippen LogP contribution < -0.4 is 5.73 Å². The minimum absolute atomic E-state index is 0.273. The first kappa shape index (κ1) is 13.5. The van der Waals surface area contributed by atoms with Crippen LogP contribution in [0.2, 0.25) is 0 Å². The minimum Gasteiger partial charge on any atom is -0.380 e. The zero-order chi connectivity index (χ0) is 13.0. The molecule has 1 fully saturated rings. The van der Waals surface area contributed by atoms with Crippen molar-refractivity contribution in [1.82, 2.24) is 14.7 Å². The van der Waals surface area contributed by atoms with Gasteiger partial charge in [0.1, 0.15) is 0 Å². The lowest BCUT2D eigenvalue weighted by atomic mass is 10.0. The Bertz CT molecular complexity index is 369. The van der Waals surface area contributed by atoms with Crippen LogP contribution in [0.15, 0.2) is 6.20 Å². The summed E-state index contributed by atoms with van der Waals surface area (Å²) in [6.45, 7) is 6.46. The Morgan fingerprint density at radius 1 is 1.44 bits per heavy atom. The van der Waals surface area contributed by atoms with Crippen molar-refractivity contribution in [1.29, 1.82) is 0 Å². The largest absolute Gasteiger partial charge is 0.380 e. The van der Waals surface area contributed by atoms with Crippen LogP contribution in [0.5, 0.6) is 0 Å². The highest BCUT2D eigenvalue weighted by Crippen LogP contribution is 2.24. The van der Waals surface area contributed by atoms with E-state index in [0.717, 1.165) is 44.8 Å². The maximum atomic E-state index is 6.00. The molecule has 0 bridgehead atoms. The van der Waals surface area contributed by atoms with Gasteiger partial charge in [0.05, 0.1) is 18.3 Å². The van der Waals surface area contributed by atoms with Gasteiger partial charge in [-0.3, -0.25) is 9.58 Å². The van der Waals surface area contributed by atoms with Gasteiger partial charge in [0, 0.05) is 45.0 Å². The Hall–Kier alpha value is -0.910. The number of rotatable bonds is 4. The summed E-state index contributed by atoms with van der Waals surface area (Å²) < 4.78 is 7.41. The molecule has 2 rings (SSSR count). The van der Waals surface area contributed by atoms with Gasteiger partial charge in [-0.2, -0.15) is 5.10 Å². The molecule has 0 spiro atoms. The predicted octanol–water partition coefficient (Wildman–Crippen LogP) is 0.705. The molecule has 5 heteroatoms. The number of nitrogens with zero attached hydrogens (tertiary/aromatic N) is 3. The van der Waals surface area contributed by atoms with E-state index in [2.05, 4.69) is 23.1 Å². The highest BCUT2D eigenvalue weighted by molar-refractivity contribution is 5.22. The van der Waals surface area contributed by atoms with Crippen molar-refractivity contribution in [2.45, 2.75) is 25.8 Å². The summed E-state index contributed by atoms with van der Waals surface area (Å²) in [6.07, 6.45) is 4.15. The normalized spacial score (nSPS) is 19.7. The summed E-state index contributed by atoms with van der Waals surface area (Å²) in [5, 5.41) is 4.52. The fraction of sp³-hybridized carbons (Fsp3) is 0.769. The molecule has 0 aliphatic carbocycles. The molecule has 0 amide bonds. The van der Waals surface area contributed by atoms with Crippen LogP contribution in [0.25, 0.3) is 0 Å². The van der Waals surface area contributed by atoms with Crippen LogP contribution >= 0.6 is 0 Å². The third-order valence-electron chi connectivity index (χ3n) is 3.55. The third kappa shape index (κ3) is 2.91. The van der Waals surface area contributed by atoms with Crippen molar-refractivity contribution in [3.05, 3.63) is 17.5 Å². The van der Waals surface area contributed by atoms with Gasteiger partial charge in [-0.05, 0) is 12.8 Å². The fourth-order valence-corrected chi connectivity index (χ4v) is 2.66. The molecule has 102 valence electrons. The molecule has 18 heavy (non-hydrogen) atoms. The van der Waals surface area contributed by atoms with E-state index in [1.807, 2.05) is 11.7 Å². The smallest absolute Gasteiger partial charge is 0.0670 e. The van der Waals surface area contributed by atoms with Crippen LogP contribution in [-0.4, -0.2) is 47.5 Å². The molecule has 2 heterocycles. The second-order valence-electron chi connectivity index (χ2n) is 4.81. The second-order valence-corrected chi connectivity index (χ2v) is 4.81. The summed E-state index contributed by atoms with van der Waals surface area (Å²) in [4.78, 5) is 2.43. The van der Waals surface area contributed by atoms with Crippen molar-refractivity contribution >= 4 is 0 Å². The molecule has 1 aromatic rings. The number of nitrogens with two attached hydrogens (primary N) is 1. The number of aromatic nitrogens is 2. The molecule has 2 N–H and O–H groups in total. The number of aryl methyl sites for hydroxylation is 2.